The zero-order chi connectivity index (χ0) is 9.30. The summed E-state index contributed by atoms with van der Waals surface area (Å²) < 4.78 is 7.22. The molecule has 0 aliphatic carbocycles. The van der Waals surface area contributed by atoms with Gasteiger partial charge in [0.15, 0.2) is 0 Å². The van der Waals surface area contributed by atoms with Crippen molar-refractivity contribution in [1.29, 1.82) is 0 Å². The van der Waals surface area contributed by atoms with Gasteiger partial charge < -0.3 is 25.7 Å². The molecule has 0 radical (unpaired) electrons. The second kappa shape index (κ2) is 4.96. The highest BCUT2D eigenvalue weighted by Gasteiger charge is 2.35. The maximum absolute atomic E-state index is 9.25. The number of aliphatic hydroxyl groups is 4. The molecule has 0 aromatic rings. The summed E-state index contributed by atoms with van der Waals surface area (Å²) in [6.45, 7) is -0.474. The van der Waals surface area contributed by atoms with Gasteiger partial charge in [0.25, 0.3) is 0 Å². The van der Waals surface area contributed by atoms with E-state index >= 15 is 0 Å². The lowest BCUT2D eigenvalue weighted by Crippen LogP contribution is -2.60. The van der Waals surface area contributed by atoms with Gasteiger partial charge in [0.2, 0.25) is 0 Å². The Balaban J connectivity index is 0.00000144. The second-order valence-corrected chi connectivity index (χ2v) is 2.66. The molecule has 12 heavy (non-hydrogen) atoms. The van der Waals surface area contributed by atoms with Crippen LogP contribution in [0.4, 0.5) is 0 Å². The molecule has 1 rings (SSSR count). The summed E-state index contributed by atoms with van der Waals surface area (Å²) in [7, 11) is 0. The Morgan fingerprint density at radius 2 is 1.92 bits per heavy atom. The Morgan fingerprint density at radius 3 is 2.42 bits per heavy atom. The minimum absolute atomic E-state index is 0. The van der Waals surface area contributed by atoms with Crippen LogP contribution in [0.1, 0.15) is 0 Å². The molecule has 1 saturated heterocycles. The van der Waals surface area contributed by atoms with Gasteiger partial charge >= 0.3 is 0 Å². The summed E-state index contributed by atoms with van der Waals surface area (Å²) in [6, 6.07) is -0.816. The quantitative estimate of drug-likeness (QED) is 0.322. The van der Waals surface area contributed by atoms with Gasteiger partial charge in [0.1, 0.15) is 7.52 Å². The molecule has 0 bridgehead atoms. The molecule has 6 heteroatoms. The highest BCUT2D eigenvalue weighted by Crippen LogP contribution is 2.09. The highest BCUT2D eigenvalue weighted by molar-refractivity contribution is 5.85. The van der Waals surface area contributed by atoms with Crippen molar-refractivity contribution < 1.29 is 21.8 Å². The number of β-amino-alcohol motifs (C(OH)–C–C–N with tert-alkyl or cyclic N) is 1. The largest absolute Gasteiger partial charge is 0.395 e. The van der Waals surface area contributed by atoms with E-state index in [-0.39, 0.29) is 19.0 Å². The van der Waals surface area contributed by atoms with Crippen molar-refractivity contribution in [3.05, 3.63) is 0 Å². The number of hydrogen-bond donors (Lipinski definition) is 5. The van der Waals surface area contributed by atoms with Crippen LogP contribution in [0.5, 0.6) is 0 Å². The Morgan fingerprint density at radius 1 is 1.33 bits per heavy atom. The van der Waals surface area contributed by atoms with E-state index in [9.17, 15) is 5.11 Å². The molecule has 1 fully saturated rings. The minimum Gasteiger partial charge on any atom is -0.395 e. The maximum Gasteiger partial charge on any atom is 0.123 e. The first-order chi connectivity index (χ1) is 5.57. The molecule has 0 unspecified atom stereocenters. The summed E-state index contributed by atoms with van der Waals surface area (Å²) in [5.74, 6) is 0. The first-order valence-electron chi connectivity index (χ1n) is 3.93. The van der Waals surface area contributed by atoms with E-state index in [4.69, 9.17) is 16.7 Å². The van der Waals surface area contributed by atoms with Gasteiger partial charge in [-0.3, -0.25) is 0 Å². The van der Waals surface area contributed by atoms with Crippen molar-refractivity contribution in [2.45, 2.75) is 24.4 Å². The lowest BCUT2D eigenvalue weighted by atomic mass is 9.97. The molecule has 74 valence electrons. The summed E-state index contributed by atoms with van der Waals surface area (Å²) in [4.78, 5) is 0. The Bertz CT molecular complexity index is 164. The number of hydrogen-bond acceptors (Lipinski definition) is 5. The molecular weight excluding hydrogens is 186 g/mol. The summed E-state index contributed by atoms with van der Waals surface area (Å²) in [5.41, 5.74) is 0. The fraction of sp³-hybridized carbons (Fsp3) is 1.00. The molecule has 0 spiro atoms. The van der Waals surface area contributed by atoms with Crippen LogP contribution in [-0.4, -0.2) is 57.9 Å². The third kappa shape index (κ3) is 2.29. The number of piperidine rings is 1. The van der Waals surface area contributed by atoms with Gasteiger partial charge in [-0.2, -0.15) is 0 Å². The van der Waals surface area contributed by atoms with Gasteiger partial charge in [-0.05, 0) is 0 Å². The summed E-state index contributed by atoms with van der Waals surface area (Å²) in [5, 5.41) is 37.1. The predicted molar refractivity (Wildman–Crippen MR) is 44.1 cm³/mol. The number of halogens is 1. The van der Waals surface area contributed by atoms with Crippen LogP contribution in [-0.2, 0) is 0 Å². The molecule has 0 aromatic carbocycles. The van der Waals surface area contributed by atoms with Gasteiger partial charge in [-0.25, -0.2) is 0 Å². The van der Waals surface area contributed by atoms with Crippen LogP contribution in [0.25, 0.3) is 0 Å². The van der Waals surface area contributed by atoms with E-state index in [1.807, 2.05) is 0 Å². The van der Waals surface area contributed by atoms with Crippen molar-refractivity contribution >= 4 is 12.4 Å². The molecule has 0 amide bonds. The van der Waals surface area contributed by atoms with E-state index in [2.05, 4.69) is 0 Å². The molecule has 1 heterocycles. The molecule has 1 aliphatic heterocycles. The fourth-order valence-electron chi connectivity index (χ4n) is 1.08. The zero-order valence-electron chi connectivity index (χ0n) is 7.37. The maximum atomic E-state index is 9.25. The average Bonchev–Trinajstić information content (AvgIpc) is 2.01. The SMILES string of the molecule is Cl.[2H]N1C[C@H](O)[C@@H](O)[C@H](O)[C@H]1CO. The smallest absolute Gasteiger partial charge is 0.123 e. The van der Waals surface area contributed by atoms with E-state index in [1.54, 1.807) is 0 Å². The van der Waals surface area contributed by atoms with Crippen LogP contribution in [0.15, 0.2) is 0 Å². The molecule has 0 aromatic heterocycles. The molecule has 5 N–H and O–H groups in total. The third-order valence-electron chi connectivity index (χ3n) is 1.85. The summed E-state index contributed by atoms with van der Waals surface area (Å²) in [6.07, 6.45) is -3.67. The Kier molecular flexibility index (Phi) is 4.20. The number of aliphatic hydroxyl groups excluding tert-OH is 4. The third-order valence-corrected chi connectivity index (χ3v) is 1.85. The van der Waals surface area contributed by atoms with Gasteiger partial charge in [0, 0.05) is 6.54 Å². The van der Waals surface area contributed by atoms with E-state index in [0.717, 1.165) is 5.31 Å². The van der Waals surface area contributed by atoms with E-state index in [0.29, 0.717) is 0 Å². The topological polar surface area (TPSA) is 93.0 Å². The highest BCUT2D eigenvalue weighted by atomic mass is 35.5. The molecular formula is C6H14ClNO4. The van der Waals surface area contributed by atoms with Gasteiger partial charge in [-0.1, -0.05) is 0 Å². The lowest BCUT2D eigenvalue weighted by molar-refractivity contribution is -0.101. The van der Waals surface area contributed by atoms with E-state index < -0.39 is 31.0 Å². The Hall–Kier alpha value is 0.0900. The monoisotopic (exact) mass is 200 g/mol. The summed E-state index contributed by atoms with van der Waals surface area (Å²) >= 11 is 0. The van der Waals surface area contributed by atoms with Crippen LogP contribution in [0, 0.1) is 0 Å². The van der Waals surface area contributed by atoms with Crippen LogP contribution >= 0.6 is 12.4 Å². The van der Waals surface area contributed by atoms with Crippen molar-refractivity contribution in [2.24, 2.45) is 0 Å². The van der Waals surface area contributed by atoms with Crippen molar-refractivity contribution in [1.82, 2.24) is 5.31 Å². The Labute approximate surface area is 77.9 Å². The number of nitrogens with one attached hydrogen (secondary N) is 1. The molecule has 0 saturated carbocycles. The van der Waals surface area contributed by atoms with Gasteiger partial charge in [-0.15, -0.1) is 12.4 Å². The first kappa shape index (κ1) is 10.2. The van der Waals surface area contributed by atoms with Crippen LogP contribution in [0.3, 0.4) is 0 Å². The van der Waals surface area contributed by atoms with Gasteiger partial charge in [0.05, 0.1) is 24.9 Å². The van der Waals surface area contributed by atoms with Crippen molar-refractivity contribution in [2.75, 3.05) is 13.2 Å². The molecule has 5 nitrogen and oxygen atoms in total. The standard InChI is InChI=1S/C6H13NO4.ClH/c8-2-3-5(10)6(11)4(9)1-7-3;/h3-11H,1-2H2;1H/t3-,4+,5-,6-;/m1./s1/i/hD. The van der Waals surface area contributed by atoms with E-state index in [1.165, 1.54) is 0 Å². The van der Waals surface area contributed by atoms with Crippen molar-refractivity contribution in [3.63, 3.8) is 0 Å². The molecule has 1 aliphatic rings. The average molecular weight is 201 g/mol. The minimum atomic E-state index is -1.27. The first-order valence-corrected chi connectivity index (χ1v) is 3.48. The predicted octanol–water partition coefficient (Wildman–Crippen LogP) is -2.55. The zero-order valence-corrected chi connectivity index (χ0v) is 7.18. The second-order valence-electron chi connectivity index (χ2n) is 2.66. The van der Waals surface area contributed by atoms with Crippen LogP contribution < -0.4 is 5.31 Å². The van der Waals surface area contributed by atoms with Crippen molar-refractivity contribution in [3.8, 4) is 0 Å². The normalized spacial score (nSPS) is 44.8. The fourth-order valence-corrected chi connectivity index (χ4v) is 1.08. The molecule has 4 atom stereocenters. The lowest BCUT2D eigenvalue weighted by Gasteiger charge is -2.34. The number of rotatable bonds is 1. The van der Waals surface area contributed by atoms with Crippen LogP contribution in [0.2, 0.25) is 1.41 Å².